The van der Waals surface area contributed by atoms with Crippen molar-refractivity contribution >= 4 is 17.8 Å². The van der Waals surface area contributed by atoms with Gasteiger partial charge in [-0.2, -0.15) is 0 Å². The zero-order valence-electron chi connectivity index (χ0n) is 19.5. The van der Waals surface area contributed by atoms with Crippen LogP contribution in [0.25, 0.3) is 11.1 Å². The molecule has 180 valence electrons. The number of hydrogen-bond donors (Lipinski definition) is 2. The van der Waals surface area contributed by atoms with E-state index in [1.165, 1.54) is 6.07 Å². The smallest absolute Gasteiger partial charge is 0.300 e. The topological polar surface area (TPSA) is 113 Å². The summed E-state index contributed by atoms with van der Waals surface area (Å²) in [6.07, 6.45) is 4.39. The summed E-state index contributed by atoms with van der Waals surface area (Å²) in [4.78, 5) is 24.9. The zero-order chi connectivity index (χ0) is 25.0. The molecule has 0 spiro atoms. The van der Waals surface area contributed by atoms with E-state index in [1.54, 1.807) is 31.6 Å². The molecule has 3 heterocycles. The summed E-state index contributed by atoms with van der Waals surface area (Å²) in [7, 11) is 1.57. The van der Waals surface area contributed by atoms with Gasteiger partial charge in [0.1, 0.15) is 17.4 Å². The Bertz CT molecular complexity index is 1290. The maximum Gasteiger partial charge on any atom is 0.300 e. The molecule has 5 rings (SSSR count). The number of methoxy groups -OCH3 is 1. The maximum atomic E-state index is 14.7. The Morgan fingerprint density at radius 3 is 2.60 bits per heavy atom. The lowest BCUT2D eigenvalue weighted by atomic mass is 9.81. The van der Waals surface area contributed by atoms with Crippen LogP contribution in [-0.4, -0.2) is 53.0 Å². The van der Waals surface area contributed by atoms with Gasteiger partial charge in [-0.1, -0.05) is 18.2 Å². The number of aromatic nitrogens is 1. The van der Waals surface area contributed by atoms with Crippen molar-refractivity contribution in [2.45, 2.75) is 18.9 Å². The van der Waals surface area contributed by atoms with Crippen LogP contribution in [0.2, 0.25) is 0 Å². The van der Waals surface area contributed by atoms with E-state index < -0.39 is 11.5 Å². The normalized spacial score (nSPS) is 18.5. The average Bonchev–Trinajstić information content (AvgIpc) is 3.18. The molecule has 2 aliphatic rings. The van der Waals surface area contributed by atoms with Crippen LogP contribution in [0.5, 0.6) is 5.75 Å². The first-order chi connectivity index (χ1) is 16.9. The van der Waals surface area contributed by atoms with E-state index in [2.05, 4.69) is 4.98 Å². The second kappa shape index (κ2) is 9.92. The number of carboxylic acids is 1. The standard InChI is InChI=1S/C24H22FN5O.C2H4O2/c1-31-19-6-7-21(25)20(15-19)16-4-2-5-18(14-16)24(17-8-11-27-12-9-17)22-28-10-3-13-30(22)23(26)29-24;1-2(3)4/h2,4-9,11-12,14-15H,3,10,13H2,1H3,(H2,26,29);1H3,(H,3,4). The lowest BCUT2D eigenvalue weighted by Gasteiger charge is -2.33. The van der Waals surface area contributed by atoms with Gasteiger partial charge in [0.25, 0.3) is 5.97 Å². The molecule has 9 heteroatoms. The van der Waals surface area contributed by atoms with E-state index in [0.29, 0.717) is 23.8 Å². The van der Waals surface area contributed by atoms with Crippen LogP contribution < -0.4 is 10.5 Å². The van der Waals surface area contributed by atoms with E-state index in [0.717, 1.165) is 42.4 Å². The highest BCUT2D eigenvalue weighted by Crippen LogP contribution is 2.42. The van der Waals surface area contributed by atoms with E-state index in [1.807, 2.05) is 41.3 Å². The highest BCUT2D eigenvalue weighted by atomic mass is 19.1. The van der Waals surface area contributed by atoms with Crippen molar-refractivity contribution in [3.63, 3.8) is 0 Å². The van der Waals surface area contributed by atoms with Crippen molar-refractivity contribution in [1.29, 1.82) is 0 Å². The molecule has 8 nitrogen and oxygen atoms in total. The molecule has 0 amide bonds. The molecular formula is C26H26FN5O3. The Balaban J connectivity index is 0.000000672. The first kappa shape index (κ1) is 23.9. The summed E-state index contributed by atoms with van der Waals surface area (Å²) in [5, 5.41) is 7.42. The van der Waals surface area contributed by atoms with E-state index in [4.69, 9.17) is 30.4 Å². The number of benzene rings is 2. The van der Waals surface area contributed by atoms with Gasteiger partial charge in [-0.3, -0.25) is 19.7 Å². The van der Waals surface area contributed by atoms with E-state index in [-0.39, 0.29) is 5.82 Å². The maximum absolute atomic E-state index is 14.7. The lowest BCUT2D eigenvalue weighted by molar-refractivity contribution is -0.134. The fourth-order valence-corrected chi connectivity index (χ4v) is 4.33. The number of halogens is 1. The molecule has 1 unspecified atom stereocenters. The lowest BCUT2D eigenvalue weighted by Crippen LogP contribution is -2.46. The number of pyridine rings is 1. The minimum Gasteiger partial charge on any atom is -0.497 e. The molecule has 0 fully saturated rings. The third kappa shape index (κ3) is 4.57. The molecule has 3 N–H and O–H groups in total. The number of nitrogens with two attached hydrogens (primary N) is 1. The molecule has 0 bridgehead atoms. The monoisotopic (exact) mass is 475 g/mol. The predicted molar refractivity (Wildman–Crippen MR) is 132 cm³/mol. The van der Waals surface area contributed by atoms with Crippen molar-refractivity contribution in [1.82, 2.24) is 9.88 Å². The van der Waals surface area contributed by atoms with Crippen molar-refractivity contribution in [3.05, 3.63) is 83.9 Å². The summed E-state index contributed by atoms with van der Waals surface area (Å²) in [6, 6.07) is 16.3. The second-order valence-electron chi connectivity index (χ2n) is 8.07. The van der Waals surface area contributed by atoms with Gasteiger partial charge in [-0.25, -0.2) is 9.38 Å². The van der Waals surface area contributed by atoms with Crippen molar-refractivity contribution < 1.29 is 19.0 Å². The number of aliphatic imine (C=N–C) groups is 2. The van der Waals surface area contributed by atoms with Gasteiger partial charge in [-0.15, -0.1) is 0 Å². The van der Waals surface area contributed by atoms with Gasteiger partial charge in [0.15, 0.2) is 11.5 Å². The van der Waals surface area contributed by atoms with Gasteiger partial charge in [0.05, 0.1) is 7.11 Å². The highest BCUT2D eigenvalue weighted by Gasteiger charge is 2.49. The molecule has 35 heavy (non-hydrogen) atoms. The first-order valence-electron chi connectivity index (χ1n) is 11.1. The summed E-state index contributed by atoms with van der Waals surface area (Å²) in [5.74, 6) is 0.678. The number of fused-ring (bicyclic) bond motifs is 1. The fourth-order valence-electron chi connectivity index (χ4n) is 4.33. The highest BCUT2D eigenvalue weighted by molar-refractivity contribution is 6.12. The number of carbonyl (C=O) groups is 1. The molecule has 1 atom stereocenters. The van der Waals surface area contributed by atoms with Crippen LogP contribution in [0, 0.1) is 5.82 Å². The summed E-state index contributed by atoms with van der Waals surface area (Å²) < 4.78 is 20.0. The molecule has 3 aromatic rings. The molecule has 0 saturated heterocycles. The Kier molecular flexibility index (Phi) is 6.77. The van der Waals surface area contributed by atoms with Crippen LogP contribution >= 0.6 is 0 Å². The fraction of sp³-hybridized carbons (Fsp3) is 0.231. The van der Waals surface area contributed by atoms with Crippen molar-refractivity contribution in [2.24, 2.45) is 15.7 Å². The van der Waals surface area contributed by atoms with Crippen molar-refractivity contribution in [3.8, 4) is 16.9 Å². The average molecular weight is 476 g/mol. The molecule has 0 aliphatic carbocycles. The van der Waals surface area contributed by atoms with Crippen LogP contribution in [0.15, 0.2) is 77.0 Å². The van der Waals surface area contributed by atoms with Gasteiger partial charge < -0.3 is 15.6 Å². The summed E-state index contributed by atoms with van der Waals surface area (Å²) in [5.41, 5.74) is 8.42. The molecule has 0 radical (unpaired) electrons. The Hall–Kier alpha value is -4.27. The van der Waals surface area contributed by atoms with Crippen molar-refractivity contribution in [2.75, 3.05) is 20.2 Å². The number of amidine groups is 1. The molecular weight excluding hydrogens is 449 g/mol. The Morgan fingerprint density at radius 2 is 1.89 bits per heavy atom. The minimum absolute atomic E-state index is 0.318. The first-order valence-corrected chi connectivity index (χ1v) is 11.1. The number of rotatable bonds is 4. The van der Waals surface area contributed by atoms with Crippen LogP contribution in [-0.2, 0) is 10.3 Å². The molecule has 2 aliphatic heterocycles. The van der Waals surface area contributed by atoms with Crippen LogP contribution in [0.1, 0.15) is 24.5 Å². The molecule has 2 aromatic carbocycles. The van der Waals surface area contributed by atoms with Crippen LogP contribution in [0.3, 0.4) is 0 Å². The molecule has 0 saturated carbocycles. The minimum atomic E-state index is -0.904. The number of nitrogens with zero attached hydrogens (tertiary/aromatic N) is 4. The van der Waals surface area contributed by atoms with E-state index >= 15 is 0 Å². The summed E-state index contributed by atoms with van der Waals surface area (Å²) >= 11 is 0. The van der Waals surface area contributed by atoms with Gasteiger partial charge in [0.2, 0.25) is 0 Å². The van der Waals surface area contributed by atoms with Gasteiger partial charge in [-0.05, 0) is 59.5 Å². The SMILES string of the molecule is CC(=O)O.COc1ccc(F)c(-c2cccc(C3(c4ccncc4)N=C(N)N4CCCN=C43)c2)c1. The number of aliphatic carboxylic acids is 1. The second-order valence-corrected chi connectivity index (χ2v) is 8.07. The number of hydrogen-bond acceptors (Lipinski definition) is 7. The van der Waals surface area contributed by atoms with Crippen LogP contribution in [0.4, 0.5) is 4.39 Å². The van der Waals surface area contributed by atoms with Gasteiger partial charge >= 0.3 is 0 Å². The Morgan fingerprint density at radius 1 is 1.14 bits per heavy atom. The third-order valence-electron chi connectivity index (χ3n) is 5.80. The molecule has 1 aromatic heterocycles. The summed E-state index contributed by atoms with van der Waals surface area (Å²) in [6.45, 7) is 2.57. The Labute approximate surface area is 202 Å². The number of guanidine groups is 1. The number of ether oxygens (including phenoxy) is 1. The van der Waals surface area contributed by atoms with Gasteiger partial charge in [0, 0.05) is 38.0 Å². The predicted octanol–water partition coefficient (Wildman–Crippen LogP) is 3.66. The third-order valence-corrected chi connectivity index (χ3v) is 5.80. The number of carboxylic acid groups (broad SMARTS) is 1. The zero-order valence-corrected chi connectivity index (χ0v) is 19.5. The van der Waals surface area contributed by atoms with E-state index in [9.17, 15) is 4.39 Å². The largest absolute Gasteiger partial charge is 0.497 e. The quantitative estimate of drug-likeness (QED) is 0.595.